The van der Waals surface area contributed by atoms with Crippen LogP contribution in [0.2, 0.25) is 0 Å². The Morgan fingerprint density at radius 2 is 1.64 bits per heavy atom. The van der Waals surface area contributed by atoms with Gasteiger partial charge in [-0.2, -0.15) is 5.10 Å². The van der Waals surface area contributed by atoms with E-state index in [-0.39, 0.29) is 24.5 Å². The Hall–Kier alpha value is -4.82. The lowest BCUT2D eigenvalue weighted by atomic mass is 9.92. The minimum atomic E-state index is -0.366. The van der Waals surface area contributed by atoms with Crippen molar-refractivity contribution in [3.8, 4) is 16.8 Å². The van der Waals surface area contributed by atoms with Crippen molar-refractivity contribution < 1.29 is 14.7 Å². The van der Waals surface area contributed by atoms with Crippen LogP contribution in [0.25, 0.3) is 27.6 Å². The van der Waals surface area contributed by atoms with E-state index in [9.17, 15) is 14.7 Å². The van der Waals surface area contributed by atoms with E-state index in [0.717, 1.165) is 64.4 Å². The lowest BCUT2D eigenvalue weighted by Gasteiger charge is -2.36. The smallest absolute Gasteiger partial charge is 0.274 e. The van der Waals surface area contributed by atoms with E-state index in [0.29, 0.717) is 43.0 Å². The van der Waals surface area contributed by atoms with Gasteiger partial charge >= 0.3 is 0 Å². The van der Waals surface area contributed by atoms with Crippen LogP contribution in [0.4, 0.5) is 0 Å². The van der Waals surface area contributed by atoms with Crippen molar-refractivity contribution in [2.75, 3.05) is 19.7 Å². The summed E-state index contributed by atoms with van der Waals surface area (Å²) in [6, 6.07) is 23.4. The number of carbonyl (C=O) groups is 2. The second kappa shape index (κ2) is 14.3. The highest BCUT2D eigenvalue weighted by molar-refractivity contribution is 6.02. The number of pyridine rings is 1. The summed E-state index contributed by atoms with van der Waals surface area (Å²) >= 11 is 0. The van der Waals surface area contributed by atoms with Gasteiger partial charge in [-0.25, -0.2) is 4.68 Å². The largest absolute Gasteiger partial charge is 0.394 e. The predicted octanol–water partition coefficient (Wildman–Crippen LogP) is 7.00. The average molecular weight is 630 g/mol. The second-order valence-electron chi connectivity index (χ2n) is 12.5. The quantitative estimate of drug-likeness (QED) is 0.170. The molecule has 5 aromatic rings. The van der Waals surface area contributed by atoms with E-state index in [2.05, 4.69) is 31.0 Å². The topological polar surface area (TPSA) is 91.6 Å². The van der Waals surface area contributed by atoms with Gasteiger partial charge in [0.05, 0.1) is 23.9 Å². The first-order valence-corrected chi connectivity index (χ1v) is 16.8. The summed E-state index contributed by atoms with van der Waals surface area (Å²) in [5.41, 5.74) is 6.16. The zero-order valence-electron chi connectivity index (χ0n) is 27.5. The fourth-order valence-corrected chi connectivity index (χ4v) is 6.55. The number of fused-ring (bicyclic) bond motifs is 2. The third kappa shape index (κ3) is 6.56. The number of aliphatic hydroxyl groups excluding tert-OH is 1. The van der Waals surface area contributed by atoms with Gasteiger partial charge in [-0.05, 0) is 66.5 Å². The third-order valence-corrected chi connectivity index (χ3v) is 9.22. The Labute approximate surface area is 276 Å². The number of aryl methyl sites for hydroxylation is 1. The SMILES string of the molecule is CCCCN(CCCC)C(=O)c1cc(C)n(-c2ccc(-c3cncc4ccccc34)cc2C(=O)N2Cc3ccccc3C[C@H]2CO)n1. The molecule has 0 saturated heterocycles. The van der Waals surface area contributed by atoms with Crippen molar-refractivity contribution in [2.45, 2.75) is 65.5 Å². The molecule has 0 bridgehead atoms. The molecule has 47 heavy (non-hydrogen) atoms. The first-order valence-electron chi connectivity index (χ1n) is 16.8. The number of carbonyl (C=O) groups excluding carboxylic acids is 2. The summed E-state index contributed by atoms with van der Waals surface area (Å²) in [5.74, 6) is -0.285. The number of hydrogen-bond acceptors (Lipinski definition) is 5. The van der Waals surface area contributed by atoms with Crippen molar-refractivity contribution in [3.63, 3.8) is 0 Å². The zero-order chi connectivity index (χ0) is 32.9. The molecule has 0 unspecified atom stereocenters. The van der Waals surface area contributed by atoms with Gasteiger partial charge in [0.15, 0.2) is 5.69 Å². The predicted molar refractivity (Wildman–Crippen MR) is 186 cm³/mol. The third-order valence-electron chi connectivity index (χ3n) is 9.22. The summed E-state index contributed by atoms with van der Waals surface area (Å²) < 4.78 is 1.72. The van der Waals surface area contributed by atoms with E-state index in [1.165, 1.54) is 0 Å². The van der Waals surface area contributed by atoms with Gasteiger partial charge in [0.1, 0.15) is 0 Å². The number of unbranched alkanes of at least 4 members (excludes halogenated alkanes) is 2. The van der Waals surface area contributed by atoms with Gasteiger partial charge < -0.3 is 14.9 Å². The minimum absolute atomic E-state index is 0.0898. The van der Waals surface area contributed by atoms with E-state index in [1.54, 1.807) is 9.58 Å². The molecule has 3 heterocycles. The van der Waals surface area contributed by atoms with Crippen LogP contribution in [0.3, 0.4) is 0 Å². The fraction of sp³-hybridized carbons (Fsp3) is 0.333. The van der Waals surface area contributed by atoms with Crippen LogP contribution >= 0.6 is 0 Å². The van der Waals surface area contributed by atoms with Crippen LogP contribution in [0.1, 0.15) is 77.2 Å². The molecule has 242 valence electrons. The number of nitrogens with zero attached hydrogens (tertiary/aromatic N) is 5. The molecule has 2 aromatic heterocycles. The van der Waals surface area contributed by atoms with Crippen LogP contribution in [-0.2, 0) is 13.0 Å². The molecule has 8 heteroatoms. The molecule has 0 spiro atoms. The van der Waals surface area contributed by atoms with Crippen LogP contribution in [0.15, 0.2) is 85.2 Å². The maximum absolute atomic E-state index is 14.7. The molecule has 1 aliphatic heterocycles. The average Bonchev–Trinajstić information content (AvgIpc) is 3.51. The highest BCUT2D eigenvalue weighted by Gasteiger charge is 2.32. The summed E-state index contributed by atoms with van der Waals surface area (Å²) in [4.78, 5) is 36.6. The standard InChI is InChI=1S/C39H43N5O3/c1-4-6-18-42(19-7-5-2)39(47)36-20-27(3)44(41-36)37-17-16-29(35-24-40-23-30-13-10-11-15-33(30)35)22-34(37)38(46)43-25-31-14-9-8-12-28(31)21-32(43)26-45/h8-17,20,22-24,32,45H,4-7,18-19,21,25-26H2,1-3H3/t32-/m0/s1. The molecule has 6 rings (SSSR count). The van der Waals surface area contributed by atoms with Gasteiger partial charge in [0, 0.05) is 48.7 Å². The Balaban J connectivity index is 1.45. The first-order chi connectivity index (χ1) is 22.9. The van der Waals surface area contributed by atoms with Gasteiger partial charge in [0.2, 0.25) is 0 Å². The monoisotopic (exact) mass is 629 g/mol. The molecule has 0 radical (unpaired) electrons. The Kier molecular flexibility index (Phi) is 9.78. The van der Waals surface area contributed by atoms with Crippen LogP contribution in [0.5, 0.6) is 0 Å². The summed E-state index contributed by atoms with van der Waals surface area (Å²) in [7, 11) is 0. The van der Waals surface area contributed by atoms with Gasteiger partial charge in [0.25, 0.3) is 11.8 Å². The lowest BCUT2D eigenvalue weighted by Crippen LogP contribution is -2.46. The van der Waals surface area contributed by atoms with Crippen molar-refractivity contribution in [1.82, 2.24) is 24.6 Å². The summed E-state index contributed by atoms with van der Waals surface area (Å²) in [6.45, 7) is 7.80. The molecule has 8 nitrogen and oxygen atoms in total. The van der Waals surface area contributed by atoms with Gasteiger partial charge in [-0.3, -0.25) is 14.6 Å². The highest BCUT2D eigenvalue weighted by Crippen LogP contribution is 2.33. The molecule has 2 amide bonds. The van der Waals surface area contributed by atoms with Crippen LogP contribution in [-0.4, -0.2) is 67.2 Å². The number of aliphatic hydroxyl groups is 1. The van der Waals surface area contributed by atoms with Crippen molar-refractivity contribution in [2.24, 2.45) is 0 Å². The van der Waals surface area contributed by atoms with E-state index >= 15 is 0 Å². The van der Waals surface area contributed by atoms with Crippen LogP contribution in [0, 0.1) is 6.92 Å². The first kappa shape index (κ1) is 32.1. The number of amides is 2. The number of aromatic nitrogens is 3. The van der Waals surface area contributed by atoms with Gasteiger partial charge in [-0.15, -0.1) is 0 Å². The molecule has 0 saturated carbocycles. The Bertz CT molecular complexity index is 1880. The normalized spacial score (nSPS) is 14.3. The number of hydrogen-bond donors (Lipinski definition) is 1. The maximum Gasteiger partial charge on any atom is 0.274 e. The van der Waals surface area contributed by atoms with E-state index < -0.39 is 0 Å². The van der Waals surface area contributed by atoms with E-state index in [1.807, 2.05) is 84.9 Å². The highest BCUT2D eigenvalue weighted by atomic mass is 16.3. The van der Waals surface area contributed by atoms with Crippen molar-refractivity contribution in [3.05, 3.63) is 113 Å². The molecule has 3 aromatic carbocycles. The molecule has 1 atom stereocenters. The molecular formula is C39H43N5O3. The molecule has 0 fully saturated rings. The number of rotatable bonds is 11. The lowest BCUT2D eigenvalue weighted by molar-refractivity contribution is 0.0544. The Morgan fingerprint density at radius 3 is 2.38 bits per heavy atom. The number of benzene rings is 3. The van der Waals surface area contributed by atoms with Crippen LogP contribution < -0.4 is 0 Å². The fourth-order valence-electron chi connectivity index (χ4n) is 6.55. The van der Waals surface area contributed by atoms with E-state index in [4.69, 9.17) is 5.10 Å². The van der Waals surface area contributed by atoms with Crippen molar-refractivity contribution in [1.29, 1.82) is 0 Å². The molecule has 1 N–H and O–H groups in total. The molecular weight excluding hydrogens is 586 g/mol. The minimum Gasteiger partial charge on any atom is -0.394 e. The van der Waals surface area contributed by atoms with Crippen molar-refractivity contribution >= 4 is 22.6 Å². The summed E-state index contributed by atoms with van der Waals surface area (Å²) in [6.07, 6.45) is 8.12. The zero-order valence-corrected chi connectivity index (χ0v) is 27.5. The summed E-state index contributed by atoms with van der Waals surface area (Å²) in [5, 5.41) is 17.3. The van der Waals surface area contributed by atoms with Gasteiger partial charge in [-0.1, -0.05) is 81.3 Å². The molecule has 1 aliphatic rings. The molecule has 0 aliphatic carbocycles. The maximum atomic E-state index is 14.7. The Morgan fingerprint density at radius 1 is 0.915 bits per heavy atom. The second-order valence-corrected chi connectivity index (χ2v) is 12.5.